The molecule has 0 aliphatic heterocycles. The molecule has 0 amide bonds. The first-order valence-electron chi connectivity index (χ1n) is 24.1. The third-order valence-electron chi connectivity index (χ3n) is 9.88. The van der Waals surface area contributed by atoms with Crippen molar-refractivity contribution >= 4 is 17.9 Å². The van der Waals surface area contributed by atoms with Crippen molar-refractivity contribution in [1.29, 1.82) is 0 Å². The Morgan fingerprint density at radius 2 is 0.695 bits per heavy atom. The summed E-state index contributed by atoms with van der Waals surface area (Å²) in [4.78, 5) is 37.7. The first-order chi connectivity index (χ1) is 29.0. The number of hydrogen-bond donors (Lipinski definition) is 0. The standard InChI is InChI=1S/C53H88O6/c1-4-7-10-13-16-19-21-23-24-25-26-27-28-30-31-34-37-40-43-46-52(55)58-49-50(48-57-51(54)45-42-39-36-33-18-15-12-9-6-3)59-53(56)47-44-41-38-35-32-29-22-20-17-14-11-8-5-2/h7,9-10,12,16,18-19,23-24,29,32-33,38,41,50H,4-6,8,11,13-15,17,20-22,25-28,30-31,34-37,39-40,42-49H2,1-3H3/b10-7-,12-9-,19-16-,24-23-,32-29-,33-18-,41-38-. The van der Waals surface area contributed by atoms with Gasteiger partial charge in [-0.2, -0.15) is 0 Å². The summed E-state index contributed by atoms with van der Waals surface area (Å²) in [5.41, 5.74) is 0. The molecule has 0 N–H and O–H groups in total. The minimum Gasteiger partial charge on any atom is -0.462 e. The third-order valence-corrected chi connectivity index (χ3v) is 9.88. The summed E-state index contributed by atoms with van der Waals surface area (Å²) in [6, 6.07) is 0. The largest absolute Gasteiger partial charge is 0.462 e. The highest BCUT2D eigenvalue weighted by molar-refractivity contribution is 5.71. The molecular weight excluding hydrogens is 733 g/mol. The maximum absolute atomic E-state index is 12.7. The van der Waals surface area contributed by atoms with Gasteiger partial charge in [0, 0.05) is 19.3 Å². The molecule has 0 heterocycles. The van der Waals surface area contributed by atoms with Gasteiger partial charge < -0.3 is 14.2 Å². The molecule has 6 heteroatoms. The summed E-state index contributed by atoms with van der Waals surface area (Å²) in [7, 11) is 0. The van der Waals surface area contributed by atoms with Gasteiger partial charge in [0.05, 0.1) is 0 Å². The molecule has 0 aliphatic rings. The van der Waals surface area contributed by atoms with Gasteiger partial charge >= 0.3 is 17.9 Å². The van der Waals surface area contributed by atoms with E-state index in [1.807, 2.05) is 6.08 Å². The number of unbranched alkanes of at least 4 members (excludes halogenated alkanes) is 17. The van der Waals surface area contributed by atoms with Crippen molar-refractivity contribution in [3.8, 4) is 0 Å². The lowest BCUT2D eigenvalue weighted by Crippen LogP contribution is -2.30. The topological polar surface area (TPSA) is 78.9 Å². The van der Waals surface area contributed by atoms with Crippen LogP contribution in [0, 0.1) is 0 Å². The molecule has 0 aliphatic carbocycles. The number of rotatable bonds is 42. The third kappa shape index (κ3) is 45.5. The fraction of sp³-hybridized carbons (Fsp3) is 0.679. The highest BCUT2D eigenvalue weighted by Gasteiger charge is 2.19. The van der Waals surface area contributed by atoms with Crippen LogP contribution in [0.25, 0.3) is 0 Å². The lowest BCUT2D eigenvalue weighted by molar-refractivity contribution is -0.166. The van der Waals surface area contributed by atoms with Crippen LogP contribution in [0.2, 0.25) is 0 Å². The van der Waals surface area contributed by atoms with Crippen molar-refractivity contribution in [1.82, 2.24) is 0 Å². The lowest BCUT2D eigenvalue weighted by Gasteiger charge is -2.18. The van der Waals surface area contributed by atoms with Gasteiger partial charge in [0.2, 0.25) is 0 Å². The Kier molecular flexibility index (Phi) is 44.5. The minimum absolute atomic E-state index is 0.113. The number of esters is 3. The number of hydrogen-bond acceptors (Lipinski definition) is 6. The number of carbonyl (C=O) groups is 3. The Hall–Kier alpha value is -3.41. The first kappa shape index (κ1) is 55.6. The predicted octanol–water partition coefficient (Wildman–Crippen LogP) is 15.6. The first-order valence-corrected chi connectivity index (χ1v) is 24.1. The smallest absolute Gasteiger partial charge is 0.306 e. The molecule has 0 aromatic carbocycles. The zero-order chi connectivity index (χ0) is 43.0. The normalized spacial score (nSPS) is 12.8. The summed E-state index contributed by atoms with van der Waals surface area (Å²) in [5, 5.41) is 0. The van der Waals surface area contributed by atoms with E-state index in [2.05, 4.69) is 99.8 Å². The van der Waals surface area contributed by atoms with Crippen LogP contribution in [-0.2, 0) is 28.6 Å². The molecule has 0 fully saturated rings. The van der Waals surface area contributed by atoms with Gasteiger partial charge in [-0.05, 0) is 96.3 Å². The molecular formula is C53H88O6. The summed E-state index contributed by atoms with van der Waals surface area (Å²) < 4.78 is 16.6. The molecule has 0 spiro atoms. The molecule has 0 radical (unpaired) electrons. The molecule has 1 atom stereocenters. The lowest BCUT2D eigenvalue weighted by atomic mass is 10.1. The van der Waals surface area contributed by atoms with Gasteiger partial charge in [0.1, 0.15) is 13.2 Å². The van der Waals surface area contributed by atoms with Crippen LogP contribution in [0.5, 0.6) is 0 Å². The Bertz CT molecular complexity index is 1170. The van der Waals surface area contributed by atoms with Gasteiger partial charge in [0.25, 0.3) is 0 Å². The average molecular weight is 821 g/mol. The fourth-order valence-electron chi connectivity index (χ4n) is 6.31. The van der Waals surface area contributed by atoms with E-state index in [1.165, 1.54) is 83.5 Å². The predicted molar refractivity (Wildman–Crippen MR) is 251 cm³/mol. The van der Waals surface area contributed by atoms with Gasteiger partial charge in [-0.15, -0.1) is 0 Å². The second kappa shape index (κ2) is 47.3. The molecule has 59 heavy (non-hydrogen) atoms. The molecule has 0 aromatic rings. The Morgan fingerprint density at radius 3 is 1.14 bits per heavy atom. The minimum atomic E-state index is -0.820. The van der Waals surface area contributed by atoms with Crippen molar-refractivity contribution in [2.45, 2.75) is 219 Å². The van der Waals surface area contributed by atoms with Crippen LogP contribution in [0.15, 0.2) is 85.1 Å². The highest BCUT2D eigenvalue weighted by Crippen LogP contribution is 2.13. The van der Waals surface area contributed by atoms with E-state index in [1.54, 1.807) is 0 Å². The molecule has 6 nitrogen and oxygen atoms in total. The fourth-order valence-corrected chi connectivity index (χ4v) is 6.31. The van der Waals surface area contributed by atoms with Crippen molar-refractivity contribution in [3.05, 3.63) is 85.1 Å². The number of ether oxygens (including phenoxy) is 3. The van der Waals surface area contributed by atoms with Crippen molar-refractivity contribution in [2.75, 3.05) is 13.2 Å². The molecule has 0 rings (SSSR count). The molecule has 0 saturated heterocycles. The van der Waals surface area contributed by atoms with Crippen LogP contribution in [0.4, 0.5) is 0 Å². The summed E-state index contributed by atoms with van der Waals surface area (Å²) in [5.74, 6) is -1.03. The van der Waals surface area contributed by atoms with Crippen LogP contribution < -0.4 is 0 Å². The summed E-state index contributed by atoms with van der Waals surface area (Å²) in [6.07, 6.45) is 60.2. The zero-order valence-electron chi connectivity index (χ0n) is 38.2. The van der Waals surface area contributed by atoms with E-state index >= 15 is 0 Å². The maximum atomic E-state index is 12.7. The quantitative estimate of drug-likeness (QED) is 0.0264. The molecule has 0 saturated carbocycles. The second-order valence-corrected chi connectivity index (χ2v) is 15.6. The van der Waals surface area contributed by atoms with Gasteiger partial charge in [-0.1, -0.05) is 183 Å². The summed E-state index contributed by atoms with van der Waals surface area (Å²) >= 11 is 0. The van der Waals surface area contributed by atoms with Crippen LogP contribution in [0.1, 0.15) is 213 Å². The van der Waals surface area contributed by atoms with Gasteiger partial charge in [-0.3, -0.25) is 14.4 Å². The van der Waals surface area contributed by atoms with Crippen LogP contribution in [0.3, 0.4) is 0 Å². The molecule has 0 aromatic heterocycles. The van der Waals surface area contributed by atoms with Crippen LogP contribution >= 0.6 is 0 Å². The monoisotopic (exact) mass is 821 g/mol. The Balaban J connectivity index is 4.39. The molecule has 0 bridgehead atoms. The van der Waals surface area contributed by atoms with E-state index in [0.717, 1.165) is 83.5 Å². The Labute approximate surface area is 363 Å². The van der Waals surface area contributed by atoms with Crippen LogP contribution in [-0.4, -0.2) is 37.2 Å². The van der Waals surface area contributed by atoms with Crippen molar-refractivity contribution < 1.29 is 28.6 Å². The van der Waals surface area contributed by atoms with E-state index in [4.69, 9.17) is 14.2 Å². The SMILES string of the molecule is CC/C=C\C/C=C\C/C=C\CCCCCCCCCCCC(=O)OCC(COC(=O)CCCC/C=C\C/C=C\CC)OC(=O)CC/C=C\C/C=C\CCCCCCCC. The molecule has 336 valence electrons. The second-order valence-electron chi connectivity index (χ2n) is 15.6. The Morgan fingerprint density at radius 1 is 0.356 bits per heavy atom. The van der Waals surface area contributed by atoms with Crippen molar-refractivity contribution in [2.24, 2.45) is 0 Å². The van der Waals surface area contributed by atoms with E-state index < -0.39 is 12.1 Å². The van der Waals surface area contributed by atoms with Gasteiger partial charge in [-0.25, -0.2) is 0 Å². The average Bonchev–Trinajstić information content (AvgIpc) is 3.23. The highest BCUT2D eigenvalue weighted by atomic mass is 16.6. The van der Waals surface area contributed by atoms with E-state index in [0.29, 0.717) is 19.3 Å². The zero-order valence-corrected chi connectivity index (χ0v) is 38.2. The van der Waals surface area contributed by atoms with E-state index in [-0.39, 0.29) is 31.6 Å². The van der Waals surface area contributed by atoms with Crippen molar-refractivity contribution in [3.63, 3.8) is 0 Å². The summed E-state index contributed by atoms with van der Waals surface area (Å²) in [6.45, 7) is 6.29. The van der Waals surface area contributed by atoms with Gasteiger partial charge in [0.15, 0.2) is 6.10 Å². The number of carbonyl (C=O) groups excluding carboxylic acids is 3. The maximum Gasteiger partial charge on any atom is 0.306 e. The number of allylic oxidation sites excluding steroid dienone is 14. The van der Waals surface area contributed by atoms with E-state index in [9.17, 15) is 14.4 Å². The molecule has 1 unspecified atom stereocenters.